The Hall–Kier alpha value is -3.23. The van der Waals surface area contributed by atoms with Crippen LogP contribution in [-0.4, -0.2) is 58.9 Å². The van der Waals surface area contributed by atoms with Crippen molar-refractivity contribution in [1.82, 2.24) is 15.0 Å². The standard InChI is InChI=1S/C29H36N4O4/c1-3-25-6-4-5-13-33(25)26-10-9-22(17-24(26)19-36-2)29-30-28(31-37-29)21-8-7-20-11-14-32(15-12-27(34)35)18-23(20)16-21/h7-10,16-17,25H,3-6,11-15,18-19H2,1-2H3,(H,34,35). The molecule has 2 aliphatic heterocycles. The minimum absolute atomic E-state index is 0.157. The fourth-order valence-corrected chi connectivity index (χ4v) is 5.67. The molecule has 0 saturated carbocycles. The molecule has 1 unspecified atom stereocenters. The van der Waals surface area contributed by atoms with Gasteiger partial charge < -0.3 is 19.3 Å². The van der Waals surface area contributed by atoms with Gasteiger partial charge in [0.05, 0.1) is 13.0 Å². The van der Waals surface area contributed by atoms with Crippen molar-refractivity contribution in [3.63, 3.8) is 0 Å². The summed E-state index contributed by atoms with van der Waals surface area (Å²) in [6.45, 7) is 6.04. The summed E-state index contributed by atoms with van der Waals surface area (Å²) in [7, 11) is 1.73. The van der Waals surface area contributed by atoms with E-state index in [9.17, 15) is 4.79 Å². The van der Waals surface area contributed by atoms with E-state index in [1.807, 2.05) is 6.07 Å². The number of fused-ring (bicyclic) bond motifs is 1. The van der Waals surface area contributed by atoms with E-state index in [1.165, 1.54) is 36.1 Å². The van der Waals surface area contributed by atoms with Crippen LogP contribution in [0.4, 0.5) is 5.69 Å². The zero-order valence-corrected chi connectivity index (χ0v) is 21.8. The number of nitrogens with zero attached hydrogens (tertiary/aromatic N) is 4. The Labute approximate surface area is 218 Å². The Balaban J connectivity index is 1.37. The van der Waals surface area contributed by atoms with Gasteiger partial charge in [0.15, 0.2) is 0 Å². The van der Waals surface area contributed by atoms with Crippen molar-refractivity contribution in [2.75, 3.05) is 31.6 Å². The van der Waals surface area contributed by atoms with Gasteiger partial charge >= 0.3 is 5.97 Å². The maximum absolute atomic E-state index is 11.0. The number of hydrogen-bond donors (Lipinski definition) is 1. The summed E-state index contributed by atoms with van der Waals surface area (Å²) in [6, 6.07) is 13.2. The summed E-state index contributed by atoms with van der Waals surface area (Å²) >= 11 is 0. The molecule has 5 rings (SSSR count). The number of benzene rings is 2. The van der Waals surface area contributed by atoms with Crippen molar-refractivity contribution in [2.45, 2.75) is 64.6 Å². The Morgan fingerprint density at radius 3 is 2.81 bits per heavy atom. The van der Waals surface area contributed by atoms with E-state index in [2.05, 4.69) is 52.2 Å². The summed E-state index contributed by atoms with van der Waals surface area (Å²) in [5, 5.41) is 13.3. The van der Waals surface area contributed by atoms with Gasteiger partial charge in [0.2, 0.25) is 5.82 Å². The summed E-state index contributed by atoms with van der Waals surface area (Å²) < 4.78 is 11.3. The van der Waals surface area contributed by atoms with Gasteiger partial charge in [-0.1, -0.05) is 24.2 Å². The Morgan fingerprint density at radius 2 is 2.00 bits per heavy atom. The molecule has 0 radical (unpaired) electrons. The maximum atomic E-state index is 11.0. The molecule has 1 fully saturated rings. The van der Waals surface area contributed by atoms with Gasteiger partial charge in [-0.15, -0.1) is 0 Å². The average Bonchev–Trinajstić information content (AvgIpc) is 3.42. The van der Waals surface area contributed by atoms with Crippen LogP contribution in [0.15, 0.2) is 40.9 Å². The highest BCUT2D eigenvalue weighted by Crippen LogP contribution is 2.33. The third-order valence-corrected chi connectivity index (χ3v) is 7.66. The van der Waals surface area contributed by atoms with Crippen LogP contribution in [0.2, 0.25) is 0 Å². The first-order chi connectivity index (χ1) is 18.1. The van der Waals surface area contributed by atoms with Crippen LogP contribution in [0.5, 0.6) is 0 Å². The van der Waals surface area contributed by atoms with Crippen molar-refractivity contribution in [1.29, 1.82) is 0 Å². The second-order valence-corrected chi connectivity index (χ2v) is 10.1. The molecule has 0 aliphatic carbocycles. The molecule has 3 aromatic rings. The maximum Gasteiger partial charge on any atom is 0.304 e. The Morgan fingerprint density at radius 1 is 1.14 bits per heavy atom. The van der Waals surface area contributed by atoms with E-state index >= 15 is 0 Å². The largest absolute Gasteiger partial charge is 0.481 e. The molecule has 1 N–H and O–H groups in total. The number of ether oxygens (including phenoxy) is 1. The highest BCUT2D eigenvalue weighted by atomic mass is 16.5. The monoisotopic (exact) mass is 504 g/mol. The lowest BCUT2D eigenvalue weighted by Crippen LogP contribution is -2.39. The molecule has 8 nitrogen and oxygen atoms in total. The number of piperidine rings is 1. The van der Waals surface area contributed by atoms with Gasteiger partial charge in [0, 0.05) is 61.7 Å². The molecule has 1 aromatic heterocycles. The number of carbonyl (C=O) groups is 1. The number of anilines is 1. The summed E-state index contributed by atoms with van der Waals surface area (Å²) in [5.41, 5.74) is 6.65. The summed E-state index contributed by atoms with van der Waals surface area (Å²) in [5.74, 6) is 0.284. The van der Waals surface area contributed by atoms with Crippen molar-refractivity contribution in [2.24, 2.45) is 0 Å². The number of aromatic nitrogens is 2. The molecule has 0 amide bonds. The minimum atomic E-state index is -0.762. The summed E-state index contributed by atoms with van der Waals surface area (Å²) in [6.07, 6.45) is 5.95. The lowest BCUT2D eigenvalue weighted by molar-refractivity contribution is -0.137. The topological polar surface area (TPSA) is 91.9 Å². The molecule has 0 bridgehead atoms. The van der Waals surface area contributed by atoms with E-state index in [0.717, 1.165) is 49.2 Å². The van der Waals surface area contributed by atoms with Crippen molar-refractivity contribution in [3.05, 3.63) is 53.1 Å². The zero-order valence-electron chi connectivity index (χ0n) is 21.8. The van der Waals surface area contributed by atoms with Gasteiger partial charge in [-0.25, -0.2) is 0 Å². The Kier molecular flexibility index (Phi) is 7.86. The molecule has 8 heteroatoms. The molecule has 37 heavy (non-hydrogen) atoms. The molecule has 1 saturated heterocycles. The predicted octanol–water partition coefficient (Wildman–Crippen LogP) is 5.15. The van der Waals surface area contributed by atoms with E-state index in [0.29, 0.717) is 30.9 Å². The third-order valence-electron chi connectivity index (χ3n) is 7.66. The summed E-state index contributed by atoms with van der Waals surface area (Å²) in [4.78, 5) is 20.4. The number of aliphatic carboxylic acids is 1. The molecular weight excluding hydrogens is 468 g/mol. The molecule has 3 heterocycles. The second-order valence-electron chi connectivity index (χ2n) is 10.1. The fraction of sp³-hybridized carbons (Fsp3) is 0.483. The molecule has 1 atom stereocenters. The lowest BCUT2D eigenvalue weighted by atomic mass is 9.97. The second kappa shape index (κ2) is 11.4. The van der Waals surface area contributed by atoms with Crippen LogP contribution in [0.25, 0.3) is 22.8 Å². The fourth-order valence-electron chi connectivity index (χ4n) is 5.67. The smallest absolute Gasteiger partial charge is 0.304 e. The highest BCUT2D eigenvalue weighted by molar-refractivity contribution is 5.67. The number of methoxy groups -OCH3 is 1. The zero-order chi connectivity index (χ0) is 25.8. The quantitative estimate of drug-likeness (QED) is 0.428. The van der Waals surface area contributed by atoms with Gasteiger partial charge in [-0.05, 0) is 67.5 Å². The number of hydrogen-bond acceptors (Lipinski definition) is 7. The molecule has 196 valence electrons. The first-order valence-corrected chi connectivity index (χ1v) is 13.3. The highest BCUT2D eigenvalue weighted by Gasteiger charge is 2.24. The van der Waals surface area contributed by atoms with Crippen LogP contribution in [0.1, 0.15) is 55.7 Å². The van der Waals surface area contributed by atoms with Crippen LogP contribution in [0, 0.1) is 0 Å². The number of carboxylic acid groups (broad SMARTS) is 1. The number of carboxylic acids is 1. The van der Waals surface area contributed by atoms with Crippen molar-refractivity contribution < 1.29 is 19.2 Å². The van der Waals surface area contributed by atoms with Crippen molar-refractivity contribution >= 4 is 11.7 Å². The van der Waals surface area contributed by atoms with Gasteiger partial charge in [-0.2, -0.15) is 4.98 Å². The van der Waals surface area contributed by atoms with E-state index in [1.54, 1.807) is 7.11 Å². The first kappa shape index (κ1) is 25.4. The SMILES string of the molecule is CCC1CCCCN1c1ccc(-c2nc(-c3ccc4c(c3)CN(CCC(=O)O)CC4)no2)cc1COC. The van der Waals surface area contributed by atoms with Gasteiger partial charge in [0.1, 0.15) is 0 Å². The normalized spacial score (nSPS) is 18.1. The Bertz CT molecular complexity index is 1240. The van der Waals surface area contributed by atoms with Gasteiger partial charge in [-0.3, -0.25) is 9.69 Å². The lowest BCUT2D eigenvalue weighted by Gasteiger charge is -2.38. The van der Waals surface area contributed by atoms with E-state index < -0.39 is 5.97 Å². The van der Waals surface area contributed by atoms with E-state index in [-0.39, 0.29) is 6.42 Å². The van der Waals surface area contributed by atoms with Crippen LogP contribution in [0.3, 0.4) is 0 Å². The predicted molar refractivity (Wildman–Crippen MR) is 142 cm³/mol. The van der Waals surface area contributed by atoms with Gasteiger partial charge in [0.25, 0.3) is 5.89 Å². The van der Waals surface area contributed by atoms with Crippen LogP contribution in [-0.2, 0) is 29.1 Å². The third kappa shape index (κ3) is 5.70. The van der Waals surface area contributed by atoms with Crippen molar-refractivity contribution in [3.8, 4) is 22.8 Å². The average molecular weight is 505 g/mol. The molecule has 2 aromatic carbocycles. The number of rotatable bonds is 9. The molecule has 0 spiro atoms. The molecule has 2 aliphatic rings. The van der Waals surface area contributed by atoms with Crippen LogP contribution < -0.4 is 4.90 Å². The van der Waals surface area contributed by atoms with E-state index in [4.69, 9.17) is 19.4 Å². The van der Waals surface area contributed by atoms with Crippen LogP contribution >= 0.6 is 0 Å². The first-order valence-electron chi connectivity index (χ1n) is 13.3. The molecular formula is C29H36N4O4. The minimum Gasteiger partial charge on any atom is -0.481 e.